The Morgan fingerprint density at radius 1 is 1.19 bits per heavy atom. The maximum Gasteiger partial charge on any atom is 0.295 e. The van der Waals surface area contributed by atoms with Crippen LogP contribution in [0.1, 0.15) is 22.7 Å². The Labute approximate surface area is 188 Å². The predicted molar refractivity (Wildman–Crippen MR) is 124 cm³/mol. The molecule has 2 aliphatic heterocycles. The summed E-state index contributed by atoms with van der Waals surface area (Å²) in [6, 6.07) is 12.4. The van der Waals surface area contributed by atoms with Crippen LogP contribution in [0.15, 0.2) is 48.0 Å². The van der Waals surface area contributed by atoms with Gasteiger partial charge < -0.3 is 24.5 Å². The number of nitrogens with zero attached hydrogens (tertiary/aromatic N) is 3. The number of Topliss-reactive ketones (excluding diaryl/α,β-unsaturated/α-hetero) is 1. The molecule has 7 nitrogen and oxygen atoms in total. The summed E-state index contributed by atoms with van der Waals surface area (Å²) in [4.78, 5) is 31.8. The summed E-state index contributed by atoms with van der Waals surface area (Å²) in [7, 11) is 5.80. The van der Waals surface area contributed by atoms with Gasteiger partial charge in [-0.25, -0.2) is 0 Å². The van der Waals surface area contributed by atoms with Crippen molar-refractivity contribution in [2.75, 3.05) is 52.3 Å². The number of hydrogen-bond donors (Lipinski definition) is 1. The molecule has 2 heterocycles. The van der Waals surface area contributed by atoms with Gasteiger partial charge >= 0.3 is 0 Å². The quantitative estimate of drug-likeness (QED) is 0.442. The van der Waals surface area contributed by atoms with Crippen molar-refractivity contribution < 1.29 is 19.4 Å². The van der Waals surface area contributed by atoms with Gasteiger partial charge in [-0.3, -0.25) is 9.59 Å². The van der Waals surface area contributed by atoms with Crippen LogP contribution in [0.2, 0.25) is 0 Å². The summed E-state index contributed by atoms with van der Waals surface area (Å²) in [5.74, 6) is -0.667. The molecule has 1 saturated heterocycles. The third-order valence-electron chi connectivity index (χ3n) is 6.14. The van der Waals surface area contributed by atoms with Crippen molar-refractivity contribution in [1.82, 2.24) is 9.80 Å². The number of likely N-dealkylation sites (tertiary alicyclic amines) is 1. The van der Waals surface area contributed by atoms with Gasteiger partial charge in [0.15, 0.2) is 0 Å². The number of ketones is 1. The maximum atomic E-state index is 13.2. The largest absolute Gasteiger partial charge is 0.507 e. The number of aryl methyl sites for hydroxylation is 1. The lowest BCUT2D eigenvalue weighted by Gasteiger charge is -2.29. The zero-order valence-electron chi connectivity index (χ0n) is 19.0. The number of aliphatic hydroxyl groups excluding tert-OH is 1. The molecule has 1 N–H and O–H groups in total. The molecule has 2 aliphatic rings. The maximum absolute atomic E-state index is 13.2. The monoisotopic (exact) mass is 435 g/mol. The van der Waals surface area contributed by atoms with E-state index in [1.54, 1.807) is 17.0 Å². The molecule has 4 rings (SSSR count). The molecule has 0 saturated carbocycles. The van der Waals surface area contributed by atoms with Gasteiger partial charge in [0.2, 0.25) is 0 Å². The summed E-state index contributed by atoms with van der Waals surface area (Å²) in [5, 5.41) is 11.3. The van der Waals surface area contributed by atoms with E-state index in [1.165, 1.54) is 0 Å². The van der Waals surface area contributed by atoms with Crippen LogP contribution < -0.4 is 9.64 Å². The first-order valence-electron chi connectivity index (χ1n) is 10.8. The Kier molecular flexibility index (Phi) is 5.93. The normalized spacial score (nSPS) is 20.0. The van der Waals surface area contributed by atoms with E-state index in [0.29, 0.717) is 25.3 Å². The summed E-state index contributed by atoms with van der Waals surface area (Å²) < 4.78 is 5.70. The molecule has 32 heavy (non-hydrogen) atoms. The third kappa shape index (κ3) is 3.84. The Balaban J connectivity index is 1.85. The SMILES string of the molecule is Cc1ccccc1C1/C(=C(\O)c2ccc3c(c2)N(C)CCO3)C(=O)C(=O)N1CCN(C)C. The van der Waals surface area contributed by atoms with E-state index in [-0.39, 0.29) is 11.3 Å². The third-order valence-corrected chi connectivity index (χ3v) is 6.14. The van der Waals surface area contributed by atoms with Crippen LogP contribution in [-0.2, 0) is 9.59 Å². The number of anilines is 1. The Hall–Kier alpha value is -3.32. The number of fused-ring (bicyclic) bond motifs is 1. The molecule has 2 aromatic rings. The minimum absolute atomic E-state index is 0.127. The van der Waals surface area contributed by atoms with Crippen LogP contribution in [0.3, 0.4) is 0 Å². The second-order valence-electron chi connectivity index (χ2n) is 8.60. The highest BCUT2D eigenvalue weighted by atomic mass is 16.5. The molecule has 0 spiro atoms. The Morgan fingerprint density at radius 3 is 2.66 bits per heavy atom. The van der Waals surface area contributed by atoms with Gasteiger partial charge in [0.25, 0.3) is 11.7 Å². The first-order chi connectivity index (χ1) is 15.3. The van der Waals surface area contributed by atoms with Crippen molar-refractivity contribution in [3.8, 4) is 5.75 Å². The lowest BCUT2D eigenvalue weighted by molar-refractivity contribution is -0.140. The number of carbonyl (C=O) groups excluding carboxylic acids is 2. The van der Waals surface area contributed by atoms with Crippen LogP contribution in [0, 0.1) is 6.92 Å². The molecule has 2 aromatic carbocycles. The average molecular weight is 436 g/mol. The van der Waals surface area contributed by atoms with E-state index < -0.39 is 17.7 Å². The number of amides is 1. The van der Waals surface area contributed by atoms with Gasteiger partial charge in [0.05, 0.1) is 23.8 Å². The zero-order valence-corrected chi connectivity index (χ0v) is 19.0. The topological polar surface area (TPSA) is 73.3 Å². The Bertz CT molecular complexity index is 1090. The Morgan fingerprint density at radius 2 is 1.94 bits per heavy atom. The first kappa shape index (κ1) is 21.9. The van der Waals surface area contributed by atoms with Gasteiger partial charge in [-0.2, -0.15) is 0 Å². The molecular weight excluding hydrogens is 406 g/mol. The highest BCUT2D eigenvalue weighted by Crippen LogP contribution is 2.41. The van der Waals surface area contributed by atoms with E-state index in [2.05, 4.69) is 0 Å². The molecule has 1 amide bonds. The molecular formula is C25H29N3O4. The molecule has 168 valence electrons. The van der Waals surface area contributed by atoms with Gasteiger partial charge in [-0.15, -0.1) is 0 Å². The van der Waals surface area contributed by atoms with Gasteiger partial charge in [-0.05, 0) is 50.3 Å². The lowest BCUT2D eigenvalue weighted by Crippen LogP contribution is -2.35. The van der Waals surface area contributed by atoms with Crippen LogP contribution in [0.4, 0.5) is 5.69 Å². The van der Waals surface area contributed by atoms with Crippen molar-refractivity contribution in [1.29, 1.82) is 0 Å². The fourth-order valence-corrected chi connectivity index (χ4v) is 4.29. The lowest BCUT2D eigenvalue weighted by atomic mass is 9.92. The van der Waals surface area contributed by atoms with Crippen LogP contribution in [0.25, 0.3) is 5.76 Å². The molecule has 1 atom stereocenters. The van der Waals surface area contributed by atoms with E-state index in [1.807, 2.05) is 68.2 Å². The van der Waals surface area contributed by atoms with Crippen LogP contribution in [-0.4, -0.2) is 74.0 Å². The fourth-order valence-electron chi connectivity index (χ4n) is 4.29. The number of hydrogen-bond acceptors (Lipinski definition) is 6. The molecule has 1 unspecified atom stereocenters. The molecule has 0 radical (unpaired) electrons. The number of ether oxygens (including phenoxy) is 1. The summed E-state index contributed by atoms with van der Waals surface area (Å²) in [5.41, 5.74) is 3.26. The van der Waals surface area contributed by atoms with Crippen LogP contribution in [0.5, 0.6) is 5.75 Å². The summed E-state index contributed by atoms with van der Waals surface area (Å²) in [6.07, 6.45) is 0. The molecule has 7 heteroatoms. The standard InChI is InChI=1S/C25H29N3O4/c1-16-7-5-6-8-18(16)22-21(24(30)25(31)28(22)12-11-26(2)3)23(29)17-9-10-20-19(15-17)27(4)13-14-32-20/h5-10,15,22,29H,11-14H2,1-4H3/b23-21+. The second kappa shape index (κ2) is 8.67. The number of carbonyl (C=O) groups is 2. The summed E-state index contributed by atoms with van der Waals surface area (Å²) >= 11 is 0. The van der Waals surface area contributed by atoms with Crippen LogP contribution >= 0.6 is 0 Å². The number of rotatable bonds is 5. The second-order valence-corrected chi connectivity index (χ2v) is 8.60. The van der Waals surface area contributed by atoms with Crippen molar-refractivity contribution >= 4 is 23.1 Å². The molecule has 0 aromatic heterocycles. The minimum Gasteiger partial charge on any atom is -0.507 e. The smallest absolute Gasteiger partial charge is 0.295 e. The van der Waals surface area contributed by atoms with Crippen molar-refractivity contribution in [2.24, 2.45) is 0 Å². The van der Waals surface area contributed by atoms with Crippen molar-refractivity contribution in [3.63, 3.8) is 0 Å². The zero-order chi connectivity index (χ0) is 23.0. The van der Waals surface area contributed by atoms with Gasteiger partial charge in [-0.1, -0.05) is 24.3 Å². The van der Waals surface area contributed by atoms with Gasteiger partial charge in [0, 0.05) is 25.7 Å². The molecule has 0 bridgehead atoms. The van der Waals surface area contributed by atoms with Crippen molar-refractivity contribution in [2.45, 2.75) is 13.0 Å². The predicted octanol–water partition coefficient (Wildman–Crippen LogP) is 2.81. The fraction of sp³-hybridized carbons (Fsp3) is 0.360. The van der Waals surface area contributed by atoms with Gasteiger partial charge in [0.1, 0.15) is 18.1 Å². The highest BCUT2D eigenvalue weighted by Gasteiger charge is 2.46. The highest BCUT2D eigenvalue weighted by molar-refractivity contribution is 6.46. The number of benzene rings is 2. The molecule has 0 aliphatic carbocycles. The number of aliphatic hydroxyl groups is 1. The average Bonchev–Trinajstić information content (AvgIpc) is 3.02. The molecule has 1 fully saturated rings. The van der Waals surface area contributed by atoms with E-state index in [0.717, 1.165) is 29.1 Å². The van der Waals surface area contributed by atoms with E-state index >= 15 is 0 Å². The minimum atomic E-state index is -0.656. The van der Waals surface area contributed by atoms with E-state index in [9.17, 15) is 14.7 Å². The first-order valence-corrected chi connectivity index (χ1v) is 10.8. The number of likely N-dealkylation sites (N-methyl/N-ethyl adjacent to an activating group) is 2. The van der Waals surface area contributed by atoms with E-state index in [4.69, 9.17) is 4.74 Å². The summed E-state index contributed by atoms with van der Waals surface area (Å²) in [6.45, 7) is 4.27. The van der Waals surface area contributed by atoms with Crippen molar-refractivity contribution in [3.05, 3.63) is 64.7 Å².